The molecule has 0 unspecified atom stereocenters. The van der Waals surface area contributed by atoms with Gasteiger partial charge in [-0.3, -0.25) is 4.79 Å². The highest BCUT2D eigenvalue weighted by Crippen LogP contribution is 2.47. The number of anilines is 1. The van der Waals surface area contributed by atoms with Crippen LogP contribution in [0.5, 0.6) is 11.5 Å². The van der Waals surface area contributed by atoms with E-state index >= 15 is 0 Å². The second-order valence-electron chi connectivity index (χ2n) is 11.0. The maximum absolute atomic E-state index is 14.1. The molecule has 7 nitrogen and oxygen atoms in total. The maximum atomic E-state index is 14.1. The van der Waals surface area contributed by atoms with Crippen LogP contribution >= 0.6 is 11.3 Å². The molecule has 0 N–H and O–H groups in total. The zero-order valence-corrected chi connectivity index (χ0v) is 24.3. The molecule has 3 aliphatic rings. The number of hydrogen-bond acceptors (Lipinski definition) is 6. The maximum Gasteiger partial charge on any atom is 0.254 e. The lowest BCUT2D eigenvalue weighted by Gasteiger charge is -2.44. The van der Waals surface area contributed by atoms with E-state index in [0.717, 1.165) is 50.7 Å². The molecule has 2 aromatic heterocycles. The number of ether oxygens (including phenoxy) is 3. The van der Waals surface area contributed by atoms with Gasteiger partial charge in [0.2, 0.25) is 0 Å². The van der Waals surface area contributed by atoms with E-state index < -0.39 is 0 Å². The van der Waals surface area contributed by atoms with Crippen molar-refractivity contribution < 1.29 is 19.0 Å². The number of thiophene rings is 1. The van der Waals surface area contributed by atoms with Crippen molar-refractivity contribution in [2.24, 2.45) is 7.05 Å². The van der Waals surface area contributed by atoms with Gasteiger partial charge < -0.3 is 28.6 Å². The van der Waals surface area contributed by atoms with Crippen LogP contribution in [0.2, 0.25) is 0 Å². The van der Waals surface area contributed by atoms with Crippen molar-refractivity contribution in [2.45, 2.75) is 33.2 Å². The van der Waals surface area contributed by atoms with E-state index in [1.54, 1.807) is 18.4 Å². The molecule has 0 atom stereocenters. The first kappa shape index (κ1) is 25.8. The van der Waals surface area contributed by atoms with Gasteiger partial charge in [-0.1, -0.05) is 6.08 Å². The van der Waals surface area contributed by atoms with E-state index in [4.69, 9.17) is 14.2 Å². The number of carbonyl (C=O) groups excluding carboxylic acids is 1. The summed E-state index contributed by atoms with van der Waals surface area (Å²) in [7, 11) is 3.78. The van der Waals surface area contributed by atoms with E-state index in [2.05, 4.69) is 79.2 Å². The van der Waals surface area contributed by atoms with Crippen LogP contribution in [0, 0.1) is 13.8 Å². The molecule has 0 saturated carbocycles. The summed E-state index contributed by atoms with van der Waals surface area (Å²) in [6, 6.07) is 8.50. The van der Waals surface area contributed by atoms with Crippen molar-refractivity contribution in [1.82, 2.24) is 9.47 Å². The zero-order chi connectivity index (χ0) is 27.5. The van der Waals surface area contributed by atoms with Gasteiger partial charge in [0.25, 0.3) is 5.91 Å². The number of amides is 1. The molecule has 1 aromatic carbocycles. The molecular weight excluding hydrogens is 510 g/mol. The Morgan fingerprint density at radius 2 is 1.95 bits per heavy atom. The molecule has 204 valence electrons. The minimum atomic E-state index is -0.377. The summed E-state index contributed by atoms with van der Waals surface area (Å²) in [6.45, 7) is 10.9. The van der Waals surface area contributed by atoms with Crippen molar-refractivity contribution in [3.63, 3.8) is 0 Å². The number of hydrogen-bond donors (Lipinski definition) is 0. The summed E-state index contributed by atoms with van der Waals surface area (Å²) in [5.41, 5.74) is 8.86. The Hall–Kier alpha value is -3.49. The van der Waals surface area contributed by atoms with E-state index in [9.17, 15) is 4.79 Å². The fourth-order valence-electron chi connectivity index (χ4n) is 5.91. The van der Waals surface area contributed by atoms with Crippen LogP contribution in [0.3, 0.4) is 0 Å². The highest BCUT2D eigenvalue weighted by atomic mass is 32.1. The van der Waals surface area contributed by atoms with Crippen LogP contribution in [0.1, 0.15) is 30.8 Å². The van der Waals surface area contributed by atoms with Crippen LogP contribution in [0.25, 0.3) is 16.8 Å². The standard InChI is InChI=1S/C31H35N3O4S/c1-19-13-23(20(2)32(19)5)24-14-25-28(15-27(24)36-6)38-16-26-22(30(35)34-10-11-37-18-31(34,3)4)7-9-33(29(25)26)21-8-12-39-17-21/h7-8,12-15,17H,9-11,16,18H2,1-6H3. The van der Waals surface area contributed by atoms with Crippen molar-refractivity contribution in [2.75, 3.05) is 44.9 Å². The monoisotopic (exact) mass is 545 g/mol. The lowest BCUT2D eigenvalue weighted by atomic mass is 9.89. The number of methoxy groups -OCH3 is 1. The Kier molecular flexibility index (Phi) is 6.35. The molecule has 5 heterocycles. The van der Waals surface area contributed by atoms with E-state index in [1.807, 2.05) is 11.0 Å². The van der Waals surface area contributed by atoms with Crippen LogP contribution < -0.4 is 14.4 Å². The highest BCUT2D eigenvalue weighted by molar-refractivity contribution is 7.08. The van der Waals surface area contributed by atoms with Crippen LogP contribution in [0.15, 0.2) is 52.2 Å². The van der Waals surface area contributed by atoms with Gasteiger partial charge in [0.15, 0.2) is 0 Å². The summed E-state index contributed by atoms with van der Waals surface area (Å²) in [5, 5.41) is 4.24. The molecule has 3 aromatic rings. The number of aromatic nitrogens is 1. The predicted octanol–water partition coefficient (Wildman–Crippen LogP) is 5.57. The number of fused-ring (bicyclic) bond motifs is 2. The first-order chi connectivity index (χ1) is 18.7. The quantitative estimate of drug-likeness (QED) is 0.429. The molecular formula is C31H35N3O4S. The molecule has 39 heavy (non-hydrogen) atoms. The van der Waals surface area contributed by atoms with E-state index in [0.29, 0.717) is 32.9 Å². The summed E-state index contributed by atoms with van der Waals surface area (Å²) in [6.07, 6.45) is 2.06. The number of rotatable bonds is 4. The molecule has 1 amide bonds. The Bertz CT molecular complexity index is 1510. The summed E-state index contributed by atoms with van der Waals surface area (Å²) in [4.78, 5) is 18.3. The third-order valence-corrected chi connectivity index (χ3v) is 8.96. The van der Waals surface area contributed by atoms with Crippen LogP contribution in [-0.4, -0.2) is 60.9 Å². The predicted molar refractivity (Wildman–Crippen MR) is 156 cm³/mol. The van der Waals surface area contributed by atoms with Gasteiger partial charge in [-0.15, -0.1) is 0 Å². The fourth-order valence-corrected chi connectivity index (χ4v) is 6.55. The normalized spacial score (nSPS) is 18.4. The average Bonchev–Trinajstić information content (AvgIpc) is 3.55. The van der Waals surface area contributed by atoms with Gasteiger partial charge >= 0.3 is 0 Å². The van der Waals surface area contributed by atoms with Gasteiger partial charge in [-0.25, -0.2) is 0 Å². The smallest absolute Gasteiger partial charge is 0.254 e. The largest absolute Gasteiger partial charge is 0.496 e. The van der Waals surface area contributed by atoms with Gasteiger partial charge in [0, 0.05) is 70.8 Å². The topological polar surface area (TPSA) is 56.2 Å². The van der Waals surface area contributed by atoms with Gasteiger partial charge in [0.1, 0.15) is 18.1 Å². The van der Waals surface area contributed by atoms with Crippen molar-refractivity contribution in [1.29, 1.82) is 0 Å². The molecule has 8 heteroatoms. The Morgan fingerprint density at radius 1 is 1.13 bits per heavy atom. The molecule has 3 aliphatic heterocycles. The SMILES string of the molecule is COc1cc2c(cc1-c1cc(C)n(C)c1C)C1=C(CO2)C(C(=O)N2CCOCC2(C)C)=CCN1c1ccsc1. The van der Waals surface area contributed by atoms with Gasteiger partial charge in [-0.05, 0) is 51.3 Å². The third-order valence-electron chi connectivity index (χ3n) is 8.29. The first-order valence-electron chi connectivity index (χ1n) is 13.3. The highest BCUT2D eigenvalue weighted by Gasteiger charge is 2.40. The Labute approximate surface area is 233 Å². The fraction of sp³-hybridized carbons (Fsp3) is 0.387. The van der Waals surface area contributed by atoms with E-state index in [1.165, 1.54) is 11.4 Å². The lowest BCUT2D eigenvalue weighted by Crippen LogP contribution is -2.56. The van der Waals surface area contributed by atoms with Crippen molar-refractivity contribution >= 4 is 28.6 Å². The molecule has 0 spiro atoms. The Balaban J connectivity index is 1.53. The summed E-state index contributed by atoms with van der Waals surface area (Å²) < 4.78 is 20.1. The molecule has 6 rings (SSSR count). The van der Waals surface area contributed by atoms with Crippen LogP contribution in [-0.2, 0) is 16.6 Å². The number of benzene rings is 1. The Morgan fingerprint density at radius 3 is 2.62 bits per heavy atom. The lowest BCUT2D eigenvalue weighted by molar-refractivity contribution is -0.141. The van der Waals surface area contributed by atoms with Crippen molar-refractivity contribution in [3.8, 4) is 22.6 Å². The number of carbonyl (C=O) groups is 1. The van der Waals surface area contributed by atoms with Crippen molar-refractivity contribution in [3.05, 3.63) is 69.2 Å². The minimum Gasteiger partial charge on any atom is -0.496 e. The summed E-state index contributed by atoms with van der Waals surface area (Å²) >= 11 is 1.67. The molecule has 1 fully saturated rings. The van der Waals surface area contributed by atoms with E-state index in [-0.39, 0.29) is 11.4 Å². The zero-order valence-electron chi connectivity index (χ0n) is 23.5. The average molecular weight is 546 g/mol. The molecule has 1 saturated heterocycles. The number of aryl methyl sites for hydroxylation is 1. The minimum absolute atomic E-state index is 0.0380. The first-order valence-corrected chi connectivity index (χ1v) is 14.3. The van der Waals surface area contributed by atoms with Gasteiger partial charge in [0.05, 0.1) is 37.2 Å². The second kappa shape index (κ2) is 9.61. The summed E-state index contributed by atoms with van der Waals surface area (Å²) in [5.74, 6) is 1.57. The molecule has 0 aliphatic carbocycles. The number of morpholine rings is 1. The second-order valence-corrected chi connectivity index (χ2v) is 11.8. The number of nitrogens with zero attached hydrogens (tertiary/aromatic N) is 3. The molecule has 0 bridgehead atoms. The van der Waals surface area contributed by atoms with Gasteiger partial charge in [-0.2, -0.15) is 11.3 Å². The van der Waals surface area contributed by atoms with Crippen LogP contribution in [0.4, 0.5) is 5.69 Å². The third kappa shape index (κ3) is 4.17. The molecule has 0 radical (unpaired) electrons.